The topological polar surface area (TPSA) is 63.9 Å². The molecule has 4 nitrogen and oxygen atoms in total. The maximum absolute atomic E-state index is 9.03. The number of hydrogen-bond donors (Lipinski definition) is 3. The van der Waals surface area contributed by atoms with Crippen molar-refractivity contribution in [2.45, 2.75) is 32.3 Å². The molecule has 0 fully saturated rings. The van der Waals surface area contributed by atoms with Crippen LogP contribution >= 0.6 is 0 Å². The van der Waals surface area contributed by atoms with Gasteiger partial charge >= 0.3 is 0 Å². The van der Waals surface area contributed by atoms with E-state index in [0.717, 1.165) is 25.8 Å². The third-order valence-electron chi connectivity index (χ3n) is 2.18. The zero-order chi connectivity index (χ0) is 10.8. The van der Waals surface area contributed by atoms with Gasteiger partial charge in [0.2, 0.25) is 0 Å². The summed E-state index contributed by atoms with van der Waals surface area (Å²) in [7, 11) is 0. The van der Waals surface area contributed by atoms with Crippen LogP contribution in [0.1, 0.15) is 26.2 Å². The van der Waals surface area contributed by atoms with Gasteiger partial charge in [-0.15, -0.1) is 0 Å². The molecule has 0 spiro atoms. The third-order valence-corrected chi connectivity index (χ3v) is 2.18. The molecule has 0 rings (SSSR count). The minimum atomic E-state index is -0.223. The molecule has 4 heteroatoms. The van der Waals surface area contributed by atoms with Gasteiger partial charge in [0.25, 0.3) is 0 Å². The van der Waals surface area contributed by atoms with Crippen molar-refractivity contribution in [3.8, 4) is 0 Å². The number of hydrogen-bond acceptors (Lipinski definition) is 4. The quantitative estimate of drug-likeness (QED) is 0.457. The van der Waals surface area contributed by atoms with Gasteiger partial charge in [0.1, 0.15) is 0 Å². The Balaban J connectivity index is 3.40. The predicted molar refractivity (Wildman–Crippen MR) is 56.1 cm³/mol. The second kappa shape index (κ2) is 9.40. The van der Waals surface area contributed by atoms with Crippen LogP contribution in [0, 0.1) is 0 Å². The van der Waals surface area contributed by atoms with Gasteiger partial charge in [-0.25, -0.2) is 0 Å². The van der Waals surface area contributed by atoms with E-state index >= 15 is 0 Å². The smallest absolute Gasteiger partial charge is 0.0558 e. The van der Waals surface area contributed by atoms with Gasteiger partial charge in [0.05, 0.1) is 19.3 Å². The van der Waals surface area contributed by atoms with Crippen molar-refractivity contribution < 1.29 is 15.3 Å². The number of rotatable bonds is 9. The lowest BCUT2D eigenvalue weighted by molar-refractivity contribution is 0.152. The molecule has 86 valence electrons. The molecule has 3 N–H and O–H groups in total. The molecule has 0 aromatic heterocycles. The van der Waals surface area contributed by atoms with E-state index in [1.807, 2.05) is 4.90 Å². The summed E-state index contributed by atoms with van der Waals surface area (Å²) in [6.07, 6.45) is 2.60. The molecule has 0 heterocycles. The SMILES string of the molecule is CC(O)CCCCN(CCO)CCO. The Bertz CT molecular complexity index is 114. The van der Waals surface area contributed by atoms with Crippen LogP contribution in [0.5, 0.6) is 0 Å². The predicted octanol–water partition coefficient (Wildman–Crippen LogP) is -0.176. The largest absolute Gasteiger partial charge is 0.395 e. The minimum absolute atomic E-state index is 0.135. The molecule has 0 radical (unpaired) electrons. The second-order valence-corrected chi connectivity index (χ2v) is 3.63. The van der Waals surface area contributed by atoms with E-state index in [-0.39, 0.29) is 19.3 Å². The van der Waals surface area contributed by atoms with Gasteiger partial charge in [0.15, 0.2) is 0 Å². The van der Waals surface area contributed by atoms with Crippen LogP contribution in [0.15, 0.2) is 0 Å². The van der Waals surface area contributed by atoms with Crippen LogP contribution in [-0.2, 0) is 0 Å². The Morgan fingerprint density at radius 2 is 1.57 bits per heavy atom. The highest BCUT2D eigenvalue weighted by Crippen LogP contribution is 2.01. The summed E-state index contributed by atoms with van der Waals surface area (Å²) in [4.78, 5) is 2.03. The number of nitrogens with zero attached hydrogens (tertiary/aromatic N) is 1. The molecule has 0 aliphatic heterocycles. The van der Waals surface area contributed by atoms with E-state index in [0.29, 0.717) is 13.1 Å². The molecule has 1 atom stereocenters. The normalized spacial score (nSPS) is 13.5. The highest BCUT2D eigenvalue weighted by Gasteiger charge is 2.03. The summed E-state index contributed by atoms with van der Waals surface area (Å²) >= 11 is 0. The molecule has 1 unspecified atom stereocenters. The maximum Gasteiger partial charge on any atom is 0.0558 e. The Morgan fingerprint density at radius 3 is 2.00 bits per heavy atom. The highest BCUT2D eigenvalue weighted by molar-refractivity contribution is 4.57. The zero-order valence-electron chi connectivity index (χ0n) is 9.02. The summed E-state index contributed by atoms with van der Waals surface area (Å²) < 4.78 is 0. The first-order valence-electron chi connectivity index (χ1n) is 5.32. The minimum Gasteiger partial charge on any atom is -0.395 e. The van der Waals surface area contributed by atoms with E-state index in [4.69, 9.17) is 15.3 Å². The molecule has 0 aromatic carbocycles. The summed E-state index contributed by atoms with van der Waals surface area (Å²) in [5.41, 5.74) is 0. The lowest BCUT2D eigenvalue weighted by Gasteiger charge is -2.19. The molecule has 0 aliphatic carbocycles. The summed E-state index contributed by atoms with van der Waals surface area (Å²) in [6.45, 7) is 4.18. The Morgan fingerprint density at radius 1 is 1.00 bits per heavy atom. The van der Waals surface area contributed by atoms with Gasteiger partial charge < -0.3 is 15.3 Å². The summed E-state index contributed by atoms with van der Waals surface area (Å²) in [6, 6.07) is 0. The molecule has 0 aliphatic rings. The molecule has 0 saturated carbocycles. The van der Waals surface area contributed by atoms with Crippen LogP contribution in [0.3, 0.4) is 0 Å². The van der Waals surface area contributed by atoms with Crippen LogP contribution in [-0.4, -0.2) is 59.2 Å². The van der Waals surface area contributed by atoms with Crippen LogP contribution < -0.4 is 0 Å². The van der Waals surface area contributed by atoms with Gasteiger partial charge in [-0.2, -0.15) is 0 Å². The van der Waals surface area contributed by atoms with E-state index in [1.54, 1.807) is 6.92 Å². The highest BCUT2D eigenvalue weighted by atomic mass is 16.3. The van der Waals surface area contributed by atoms with Crippen molar-refractivity contribution >= 4 is 0 Å². The third kappa shape index (κ3) is 8.44. The number of aliphatic hydroxyl groups excluding tert-OH is 3. The van der Waals surface area contributed by atoms with Gasteiger partial charge in [-0.05, 0) is 32.7 Å². The molecular formula is C10H23NO3. The van der Waals surface area contributed by atoms with Crippen LogP contribution in [0.4, 0.5) is 0 Å². The van der Waals surface area contributed by atoms with E-state index in [9.17, 15) is 0 Å². The Kier molecular flexibility index (Phi) is 9.29. The van der Waals surface area contributed by atoms with Crippen molar-refractivity contribution in [1.29, 1.82) is 0 Å². The standard InChI is InChI=1S/C10H23NO3/c1-10(14)4-2-3-5-11(6-8-12)7-9-13/h10,12-14H,2-9H2,1H3. The Hall–Kier alpha value is -0.160. The molecule has 0 bridgehead atoms. The fourth-order valence-corrected chi connectivity index (χ4v) is 1.39. The lowest BCUT2D eigenvalue weighted by atomic mass is 10.1. The van der Waals surface area contributed by atoms with Gasteiger partial charge in [-0.3, -0.25) is 4.90 Å². The molecule has 0 aromatic rings. The average Bonchev–Trinajstić information content (AvgIpc) is 2.12. The van der Waals surface area contributed by atoms with Crippen LogP contribution in [0.25, 0.3) is 0 Å². The first kappa shape index (κ1) is 13.8. The molecule has 0 saturated heterocycles. The lowest BCUT2D eigenvalue weighted by Crippen LogP contribution is -2.30. The van der Waals surface area contributed by atoms with Crippen LogP contribution in [0.2, 0.25) is 0 Å². The maximum atomic E-state index is 9.03. The first-order chi connectivity index (χ1) is 6.70. The van der Waals surface area contributed by atoms with Crippen molar-refractivity contribution in [3.05, 3.63) is 0 Å². The first-order valence-corrected chi connectivity index (χ1v) is 5.32. The fraction of sp³-hybridized carbons (Fsp3) is 1.00. The van der Waals surface area contributed by atoms with Crippen molar-refractivity contribution in [2.75, 3.05) is 32.8 Å². The summed E-state index contributed by atoms with van der Waals surface area (Å²) in [5.74, 6) is 0. The van der Waals surface area contributed by atoms with E-state index < -0.39 is 0 Å². The average molecular weight is 205 g/mol. The number of unbranched alkanes of at least 4 members (excludes halogenated alkanes) is 1. The fourth-order valence-electron chi connectivity index (χ4n) is 1.39. The van der Waals surface area contributed by atoms with Gasteiger partial charge in [0, 0.05) is 13.1 Å². The van der Waals surface area contributed by atoms with Crippen molar-refractivity contribution in [2.24, 2.45) is 0 Å². The molecule has 14 heavy (non-hydrogen) atoms. The molecule has 0 amide bonds. The number of aliphatic hydroxyl groups is 3. The monoisotopic (exact) mass is 205 g/mol. The Labute approximate surface area is 86.2 Å². The second-order valence-electron chi connectivity index (χ2n) is 3.63. The summed E-state index contributed by atoms with van der Waals surface area (Å²) in [5, 5.41) is 26.5. The van der Waals surface area contributed by atoms with Gasteiger partial charge in [-0.1, -0.05) is 0 Å². The van der Waals surface area contributed by atoms with Crippen molar-refractivity contribution in [1.82, 2.24) is 4.90 Å². The van der Waals surface area contributed by atoms with Crippen molar-refractivity contribution in [3.63, 3.8) is 0 Å². The zero-order valence-corrected chi connectivity index (χ0v) is 9.02. The van der Waals surface area contributed by atoms with E-state index in [1.165, 1.54) is 0 Å². The molecular weight excluding hydrogens is 182 g/mol. The van der Waals surface area contributed by atoms with E-state index in [2.05, 4.69) is 0 Å².